The summed E-state index contributed by atoms with van der Waals surface area (Å²) in [5, 5.41) is 2.87. The van der Waals surface area contributed by atoms with Gasteiger partial charge in [-0.3, -0.25) is 9.59 Å². The third-order valence-corrected chi connectivity index (χ3v) is 4.59. The van der Waals surface area contributed by atoms with E-state index in [1.54, 1.807) is 4.90 Å². The fourth-order valence-electron chi connectivity index (χ4n) is 3.12. The van der Waals surface area contributed by atoms with Gasteiger partial charge in [0.2, 0.25) is 11.8 Å². The van der Waals surface area contributed by atoms with E-state index >= 15 is 0 Å². The van der Waals surface area contributed by atoms with Crippen molar-refractivity contribution in [2.24, 2.45) is 0 Å². The van der Waals surface area contributed by atoms with Crippen LogP contribution in [0.15, 0.2) is 24.3 Å². The van der Waals surface area contributed by atoms with E-state index < -0.39 is 11.8 Å². The van der Waals surface area contributed by atoms with E-state index in [2.05, 4.69) is 5.32 Å². The Morgan fingerprint density at radius 3 is 2.62 bits per heavy atom. The SMILES string of the molecule is Cc1ccc(CN2C(=O)CCC2C(=O)NCC2(C)OCCO2)cc1. The van der Waals surface area contributed by atoms with Crippen LogP contribution in [-0.4, -0.2) is 48.3 Å². The smallest absolute Gasteiger partial charge is 0.243 e. The quantitative estimate of drug-likeness (QED) is 0.884. The van der Waals surface area contributed by atoms with Crippen molar-refractivity contribution in [3.63, 3.8) is 0 Å². The van der Waals surface area contributed by atoms with Crippen molar-refractivity contribution in [1.29, 1.82) is 0 Å². The number of carbonyl (C=O) groups is 2. The number of nitrogens with zero attached hydrogens (tertiary/aromatic N) is 1. The molecule has 0 radical (unpaired) electrons. The van der Waals surface area contributed by atoms with Gasteiger partial charge in [0.25, 0.3) is 0 Å². The highest BCUT2D eigenvalue weighted by molar-refractivity contribution is 5.90. The lowest BCUT2D eigenvalue weighted by Gasteiger charge is -2.27. The number of aryl methyl sites for hydroxylation is 1. The van der Waals surface area contributed by atoms with E-state index in [1.165, 1.54) is 5.56 Å². The average molecular weight is 332 g/mol. The number of likely N-dealkylation sites (tertiary alicyclic amines) is 1. The Morgan fingerprint density at radius 1 is 1.29 bits per heavy atom. The lowest BCUT2D eigenvalue weighted by molar-refractivity contribution is -0.148. The number of hydrogen-bond acceptors (Lipinski definition) is 4. The molecule has 0 bridgehead atoms. The van der Waals surface area contributed by atoms with Crippen molar-refractivity contribution in [2.45, 2.75) is 45.1 Å². The number of ether oxygens (including phenoxy) is 2. The van der Waals surface area contributed by atoms with E-state index in [9.17, 15) is 9.59 Å². The van der Waals surface area contributed by atoms with Gasteiger partial charge < -0.3 is 19.7 Å². The van der Waals surface area contributed by atoms with Crippen LogP contribution < -0.4 is 5.32 Å². The Hall–Kier alpha value is -1.92. The monoisotopic (exact) mass is 332 g/mol. The van der Waals surface area contributed by atoms with Gasteiger partial charge >= 0.3 is 0 Å². The minimum absolute atomic E-state index is 0.0234. The molecular weight excluding hydrogens is 308 g/mol. The highest BCUT2D eigenvalue weighted by Crippen LogP contribution is 2.23. The fourth-order valence-corrected chi connectivity index (χ4v) is 3.12. The molecule has 0 saturated carbocycles. The van der Waals surface area contributed by atoms with Crippen molar-refractivity contribution in [2.75, 3.05) is 19.8 Å². The summed E-state index contributed by atoms with van der Waals surface area (Å²) in [4.78, 5) is 26.4. The van der Waals surface area contributed by atoms with E-state index in [0.29, 0.717) is 32.6 Å². The zero-order valence-corrected chi connectivity index (χ0v) is 14.2. The second-order valence-electron chi connectivity index (χ2n) is 6.61. The Bertz CT molecular complexity index is 608. The van der Waals surface area contributed by atoms with Crippen LogP contribution in [0.3, 0.4) is 0 Å². The molecule has 2 heterocycles. The molecular formula is C18H24N2O4. The maximum atomic E-state index is 12.5. The first-order valence-electron chi connectivity index (χ1n) is 8.37. The van der Waals surface area contributed by atoms with E-state index in [4.69, 9.17) is 9.47 Å². The summed E-state index contributed by atoms with van der Waals surface area (Å²) in [6, 6.07) is 7.60. The van der Waals surface area contributed by atoms with Crippen molar-refractivity contribution in [1.82, 2.24) is 10.2 Å². The van der Waals surface area contributed by atoms with Crippen LogP contribution in [-0.2, 0) is 25.6 Å². The molecule has 130 valence electrons. The van der Waals surface area contributed by atoms with Gasteiger partial charge in [-0.2, -0.15) is 0 Å². The van der Waals surface area contributed by atoms with Crippen LogP contribution in [0.1, 0.15) is 30.9 Å². The third-order valence-electron chi connectivity index (χ3n) is 4.59. The lowest BCUT2D eigenvalue weighted by atomic mass is 10.1. The molecule has 2 aliphatic rings. The molecule has 0 spiro atoms. The average Bonchev–Trinajstić information content (AvgIpc) is 3.15. The van der Waals surface area contributed by atoms with Crippen molar-refractivity contribution in [3.8, 4) is 0 Å². The molecule has 3 rings (SSSR count). The fraction of sp³-hybridized carbons (Fsp3) is 0.556. The highest BCUT2D eigenvalue weighted by Gasteiger charge is 2.38. The minimum Gasteiger partial charge on any atom is -0.349 e. The molecule has 6 heteroatoms. The molecule has 0 aromatic heterocycles. The molecule has 1 aromatic rings. The second kappa shape index (κ2) is 6.91. The first-order chi connectivity index (χ1) is 11.5. The van der Waals surface area contributed by atoms with Crippen LogP contribution in [0.4, 0.5) is 0 Å². The van der Waals surface area contributed by atoms with Gasteiger partial charge in [-0.15, -0.1) is 0 Å². The van der Waals surface area contributed by atoms with Gasteiger partial charge in [0.15, 0.2) is 5.79 Å². The van der Waals surface area contributed by atoms with Gasteiger partial charge in [-0.05, 0) is 25.8 Å². The molecule has 24 heavy (non-hydrogen) atoms. The summed E-state index contributed by atoms with van der Waals surface area (Å²) in [7, 11) is 0. The predicted molar refractivity (Wildman–Crippen MR) is 88.1 cm³/mol. The largest absolute Gasteiger partial charge is 0.349 e. The minimum atomic E-state index is -0.764. The predicted octanol–water partition coefficient (Wildman–Crippen LogP) is 1.37. The van der Waals surface area contributed by atoms with Crippen LogP contribution >= 0.6 is 0 Å². The van der Waals surface area contributed by atoms with Gasteiger partial charge in [0.05, 0.1) is 19.8 Å². The summed E-state index contributed by atoms with van der Waals surface area (Å²) >= 11 is 0. The van der Waals surface area contributed by atoms with Crippen LogP contribution in [0.5, 0.6) is 0 Å². The molecule has 2 aliphatic heterocycles. The topological polar surface area (TPSA) is 67.9 Å². The lowest BCUT2D eigenvalue weighted by Crippen LogP contribution is -2.49. The molecule has 0 aliphatic carbocycles. The summed E-state index contributed by atoms with van der Waals surface area (Å²) < 4.78 is 11.0. The van der Waals surface area contributed by atoms with Gasteiger partial charge in [-0.1, -0.05) is 29.8 Å². The molecule has 1 atom stereocenters. The molecule has 2 fully saturated rings. The zero-order chi connectivity index (χ0) is 17.2. The Morgan fingerprint density at radius 2 is 1.96 bits per heavy atom. The number of amides is 2. The Labute approximate surface area is 142 Å². The third kappa shape index (κ3) is 3.76. The maximum Gasteiger partial charge on any atom is 0.243 e. The Kier molecular flexibility index (Phi) is 4.87. The maximum absolute atomic E-state index is 12.5. The van der Waals surface area contributed by atoms with Crippen molar-refractivity contribution >= 4 is 11.8 Å². The molecule has 1 unspecified atom stereocenters. The van der Waals surface area contributed by atoms with Gasteiger partial charge in [0.1, 0.15) is 6.04 Å². The number of carbonyl (C=O) groups excluding carboxylic acids is 2. The zero-order valence-electron chi connectivity index (χ0n) is 14.2. The van der Waals surface area contributed by atoms with Gasteiger partial charge in [-0.25, -0.2) is 0 Å². The standard InChI is InChI=1S/C18H24N2O4/c1-13-3-5-14(6-4-13)11-20-15(7-8-16(20)21)17(22)19-12-18(2)23-9-10-24-18/h3-6,15H,7-12H2,1-2H3,(H,19,22). The number of benzene rings is 1. The Balaban J connectivity index is 1.61. The van der Waals surface area contributed by atoms with E-state index in [-0.39, 0.29) is 18.4 Å². The molecule has 2 saturated heterocycles. The van der Waals surface area contributed by atoms with Crippen LogP contribution in [0.2, 0.25) is 0 Å². The molecule has 6 nitrogen and oxygen atoms in total. The molecule has 2 amide bonds. The summed E-state index contributed by atoms with van der Waals surface area (Å²) in [5.41, 5.74) is 2.20. The van der Waals surface area contributed by atoms with Crippen LogP contribution in [0, 0.1) is 6.92 Å². The van der Waals surface area contributed by atoms with E-state index in [1.807, 2.05) is 38.1 Å². The summed E-state index contributed by atoms with van der Waals surface area (Å²) in [5.74, 6) is -0.886. The van der Waals surface area contributed by atoms with E-state index in [0.717, 1.165) is 5.56 Å². The van der Waals surface area contributed by atoms with Crippen LogP contribution in [0.25, 0.3) is 0 Å². The first kappa shape index (κ1) is 16.9. The summed E-state index contributed by atoms with van der Waals surface area (Å²) in [6.45, 7) is 5.65. The molecule has 1 N–H and O–H groups in total. The summed E-state index contributed by atoms with van der Waals surface area (Å²) in [6.07, 6.45) is 0.961. The first-order valence-corrected chi connectivity index (χ1v) is 8.37. The van der Waals surface area contributed by atoms with Crippen molar-refractivity contribution in [3.05, 3.63) is 35.4 Å². The highest BCUT2D eigenvalue weighted by atomic mass is 16.7. The number of hydrogen-bond donors (Lipinski definition) is 1. The normalized spacial score (nSPS) is 22.8. The van der Waals surface area contributed by atoms with Gasteiger partial charge in [0, 0.05) is 13.0 Å². The number of rotatable bonds is 5. The molecule has 1 aromatic carbocycles. The van der Waals surface area contributed by atoms with Crippen molar-refractivity contribution < 1.29 is 19.1 Å². The second-order valence-corrected chi connectivity index (χ2v) is 6.61. The number of nitrogens with one attached hydrogen (secondary N) is 1.